The minimum absolute atomic E-state index is 0.579. The lowest BCUT2D eigenvalue weighted by Gasteiger charge is -2.09. The zero-order valence-electron chi connectivity index (χ0n) is 8.13. The van der Waals surface area contributed by atoms with Gasteiger partial charge in [0.2, 0.25) is 0 Å². The van der Waals surface area contributed by atoms with Crippen LogP contribution in [-0.4, -0.2) is 16.4 Å². The van der Waals surface area contributed by atoms with Crippen LogP contribution in [0.3, 0.4) is 0 Å². The molecular weight excluding hydrogens is 263 g/mol. The molecule has 0 amide bonds. The van der Waals surface area contributed by atoms with Gasteiger partial charge in [0.25, 0.3) is 0 Å². The standard InChI is InChI=1S/C10H14BrClN2/c1-2-8(11)3-6-14-10-4-5-13-7-9(10)12/h4-5,7-8H,2-3,6H2,1H3,(H,13,14). The average Bonchev–Trinajstić information content (AvgIpc) is 2.20. The number of nitrogens with one attached hydrogen (secondary N) is 1. The SMILES string of the molecule is CCC(Br)CCNc1ccncc1Cl. The van der Waals surface area contributed by atoms with E-state index in [0.717, 1.165) is 25.1 Å². The smallest absolute Gasteiger partial charge is 0.0820 e. The van der Waals surface area contributed by atoms with E-state index in [-0.39, 0.29) is 0 Å². The molecule has 1 N–H and O–H groups in total. The summed E-state index contributed by atoms with van der Waals surface area (Å²) in [6.07, 6.45) is 5.62. The first-order valence-electron chi connectivity index (χ1n) is 4.71. The van der Waals surface area contributed by atoms with Crippen molar-refractivity contribution in [3.05, 3.63) is 23.5 Å². The molecule has 1 unspecified atom stereocenters. The predicted molar refractivity (Wildman–Crippen MR) is 65.4 cm³/mol. The highest BCUT2D eigenvalue weighted by Crippen LogP contribution is 2.19. The van der Waals surface area contributed by atoms with Gasteiger partial charge in [-0.25, -0.2) is 0 Å². The number of hydrogen-bond acceptors (Lipinski definition) is 2. The molecule has 1 rings (SSSR count). The molecule has 0 spiro atoms. The van der Waals surface area contributed by atoms with Crippen LogP contribution in [0.4, 0.5) is 5.69 Å². The third-order valence-corrected chi connectivity index (χ3v) is 3.39. The van der Waals surface area contributed by atoms with Gasteiger partial charge in [0.05, 0.1) is 10.7 Å². The van der Waals surface area contributed by atoms with Gasteiger partial charge in [-0.3, -0.25) is 4.98 Å². The molecule has 2 nitrogen and oxygen atoms in total. The molecule has 0 fully saturated rings. The quantitative estimate of drug-likeness (QED) is 0.830. The van der Waals surface area contributed by atoms with E-state index >= 15 is 0 Å². The second-order valence-corrected chi connectivity index (χ2v) is 4.78. The van der Waals surface area contributed by atoms with Crippen LogP contribution in [0.15, 0.2) is 18.5 Å². The molecule has 0 aromatic carbocycles. The number of anilines is 1. The monoisotopic (exact) mass is 276 g/mol. The van der Waals surface area contributed by atoms with Crippen molar-refractivity contribution in [2.24, 2.45) is 0 Å². The van der Waals surface area contributed by atoms with Crippen LogP contribution in [0.5, 0.6) is 0 Å². The van der Waals surface area contributed by atoms with Crippen molar-refractivity contribution >= 4 is 33.2 Å². The molecule has 0 aliphatic rings. The first-order chi connectivity index (χ1) is 6.74. The minimum atomic E-state index is 0.579. The maximum atomic E-state index is 5.94. The number of nitrogens with zero attached hydrogens (tertiary/aromatic N) is 1. The Labute approximate surface area is 98.2 Å². The Balaban J connectivity index is 2.35. The molecule has 0 bridgehead atoms. The summed E-state index contributed by atoms with van der Waals surface area (Å²) in [4.78, 5) is 4.50. The van der Waals surface area contributed by atoms with Crippen molar-refractivity contribution in [1.82, 2.24) is 4.98 Å². The molecule has 14 heavy (non-hydrogen) atoms. The first-order valence-corrected chi connectivity index (χ1v) is 6.01. The van der Waals surface area contributed by atoms with Gasteiger partial charge < -0.3 is 5.32 Å². The van der Waals surface area contributed by atoms with Crippen LogP contribution < -0.4 is 5.32 Å². The lowest BCUT2D eigenvalue weighted by atomic mass is 10.2. The van der Waals surface area contributed by atoms with Crippen LogP contribution in [0.1, 0.15) is 19.8 Å². The van der Waals surface area contributed by atoms with E-state index in [4.69, 9.17) is 11.6 Å². The zero-order valence-corrected chi connectivity index (χ0v) is 10.5. The van der Waals surface area contributed by atoms with E-state index in [9.17, 15) is 0 Å². The van der Waals surface area contributed by atoms with Crippen LogP contribution in [0.2, 0.25) is 5.02 Å². The van der Waals surface area contributed by atoms with Crippen LogP contribution >= 0.6 is 27.5 Å². The van der Waals surface area contributed by atoms with Gasteiger partial charge in [0, 0.05) is 23.8 Å². The van der Waals surface area contributed by atoms with E-state index in [1.165, 1.54) is 0 Å². The third kappa shape index (κ3) is 3.84. The Bertz CT molecular complexity index is 281. The number of rotatable bonds is 5. The molecule has 0 aliphatic heterocycles. The van der Waals surface area contributed by atoms with Crippen LogP contribution in [0.25, 0.3) is 0 Å². The Morgan fingerprint density at radius 1 is 1.64 bits per heavy atom. The summed E-state index contributed by atoms with van der Waals surface area (Å²) in [5.74, 6) is 0. The van der Waals surface area contributed by atoms with Crippen LogP contribution in [-0.2, 0) is 0 Å². The fraction of sp³-hybridized carbons (Fsp3) is 0.500. The molecule has 1 aromatic rings. The lowest BCUT2D eigenvalue weighted by Crippen LogP contribution is -2.07. The van der Waals surface area contributed by atoms with Gasteiger partial charge in [0.15, 0.2) is 0 Å². The van der Waals surface area contributed by atoms with Crippen molar-refractivity contribution in [3.8, 4) is 0 Å². The summed E-state index contributed by atoms with van der Waals surface area (Å²) in [6, 6.07) is 1.89. The average molecular weight is 278 g/mol. The molecular formula is C10H14BrClN2. The van der Waals surface area contributed by atoms with Gasteiger partial charge in [0.1, 0.15) is 0 Å². The largest absolute Gasteiger partial charge is 0.384 e. The van der Waals surface area contributed by atoms with E-state index in [1.807, 2.05) is 6.07 Å². The van der Waals surface area contributed by atoms with E-state index in [2.05, 4.69) is 33.2 Å². The number of alkyl halides is 1. The predicted octanol–water partition coefficient (Wildman–Crippen LogP) is 3.71. The number of halogens is 2. The van der Waals surface area contributed by atoms with Crippen molar-refractivity contribution in [2.75, 3.05) is 11.9 Å². The fourth-order valence-corrected chi connectivity index (χ4v) is 1.50. The highest BCUT2D eigenvalue weighted by Gasteiger charge is 2.01. The summed E-state index contributed by atoms with van der Waals surface area (Å²) in [5, 5.41) is 3.95. The van der Waals surface area contributed by atoms with Gasteiger partial charge >= 0.3 is 0 Å². The minimum Gasteiger partial charge on any atom is -0.384 e. The molecule has 78 valence electrons. The molecule has 0 saturated heterocycles. The third-order valence-electron chi connectivity index (χ3n) is 1.99. The second kappa shape index (κ2) is 6.25. The molecule has 0 aliphatic carbocycles. The number of aromatic nitrogens is 1. The van der Waals surface area contributed by atoms with E-state index in [0.29, 0.717) is 9.85 Å². The van der Waals surface area contributed by atoms with Crippen molar-refractivity contribution in [3.63, 3.8) is 0 Å². The maximum absolute atomic E-state index is 5.94. The van der Waals surface area contributed by atoms with Crippen LogP contribution in [0, 0.1) is 0 Å². The molecule has 1 atom stereocenters. The van der Waals surface area contributed by atoms with Crippen molar-refractivity contribution < 1.29 is 0 Å². The lowest BCUT2D eigenvalue weighted by molar-refractivity contribution is 0.774. The molecule has 0 saturated carbocycles. The summed E-state index contributed by atoms with van der Waals surface area (Å²) >= 11 is 9.52. The Morgan fingerprint density at radius 2 is 2.43 bits per heavy atom. The Morgan fingerprint density at radius 3 is 3.07 bits per heavy atom. The summed E-state index contributed by atoms with van der Waals surface area (Å²) in [6.45, 7) is 3.09. The Hall–Kier alpha value is -0.280. The molecule has 1 aromatic heterocycles. The topological polar surface area (TPSA) is 24.9 Å². The molecule has 4 heteroatoms. The van der Waals surface area contributed by atoms with Gasteiger partial charge in [-0.15, -0.1) is 0 Å². The summed E-state index contributed by atoms with van der Waals surface area (Å²) < 4.78 is 0. The zero-order chi connectivity index (χ0) is 10.4. The number of pyridine rings is 1. The van der Waals surface area contributed by atoms with Gasteiger partial charge in [-0.2, -0.15) is 0 Å². The van der Waals surface area contributed by atoms with Crippen molar-refractivity contribution in [1.29, 1.82) is 0 Å². The summed E-state index contributed by atoms with van der Waals surface area (Å²) in [7, 11) is 0. The van der Waals surface area contributed by atoms with E-state index < -0.39 is 0 Å². The van der Waals surface area contributed by atoms with Gasteiger partial charge in [-0.05, 0) is 18.9 Å². The van der Waals surface area contributed by atoms with Crippen molar-refractivity contribution in [2.45, 2.75) is 24.6 Å². The fourth-order valence-electron chi connectivity index (χ4n) is 1.09. The molecule has 1 heterocycles. The normalized spacial score (nSPS) is 12.5. The highest BCUT2D eigenvalue weighted by atomic mass is 79.9. The van der Waals surface area contributed by atoms with E-state index in [1.54, 1.807) is 12.4 Å². The van der Waals surface area contributed by atoms with Gasteiger partial charge in [-0.1, -0.05) is 34.5 Å². The first kappa shape index (κ1) is 11.8. The second-order valence-electron chi connectivity index (χ2n) is 3.08. The summed E-state index contributed by atoms with van der Waals surface area (Å²) in [5.41, 5.74) is 0.956. The molecule has 0 radical (unpaired) electrons. The Kier molecular flexibility index (Phi) is 5.26. The maximum Gasteiger partial charge on any atom is 0.0820 e. The highest BCUT2D eigenvalue weighted by molar-refractivity contribution is 9.09. The number of hydrogen-bond donors (Lipinski definition) is 1.